The molecule has 1 N–H and O–H groups in total. The van der Waals surface area contributed by atoms with Crippen LogP contribution in [0, 0.1) is 5.92 Å². The zero-order chi connectivity index (χ0) is 14.8. The van der Waals surface area contributed by atoms with Crippen molar-refractivity contribution >= 4 is 15.8 Å². The van der Waals surface area contributed by atoms with Gasteiger partial charge in [0, 0.05) is 18.6 Å². The van der Waals surface area contributed by atoms with Crippen molar-refractivity contribution in [2.75, 3.05) is 18.1 Å². The molecule has 2 fully saturated rings. The van der Waals surface area contributed by atoms with Crippen molar-refractivity contribution in [1.82, 2.24) is 4.90 Å². The van der Waals surface area contributed by atoms with Gasteiger partial charge in [-0.3, -0.25) is 9.69 Å². The Morgan fingerprint density at radius 2 is 2.00 bits per heavy atom. The van der Waals surface area contributed by atoms with Gasteiger partial charge in [-0.25, -0.2) is 8.42 Å². The lowest BCUT2D eigenvalue weighted by molar-refractivity contribution is -0.138. The fourth-order valence-corrected chi connectivity index (χ4v) is 5.11. The maximum absolute atomic E-state index is 11.8. The summed E-state index contributed by atoms with van der Waals surface area (Å²) >= 11 is 0. The smallest absolute Gasteiger partial charge is 0.304 e. The van der Waals surface area contributed by atoms with Crippen molar-refractivity contribution in [2.45, 2.75) is 57.5 Å². The van der Waals surface area contributed by atoms with E-state index in [9.17, 15) is 13.2 Å². The molecule has 1 aliphatic heterocycles. The fourth-order valence-electron chi connectivity index (χ4n) is 3.56. The molecule has 2 rings (SSSR count). The molecule has 116 valence electrons. The minimum absolute atomic E-state index is 0.00531. The summed E-state index contributed by atoms with van der Waals surface area (Å²) in [6.45, 7) is 2.76. The van der Waals surface area contributed by atoms with E-state index in [0.717, 1.165) is 31.6 Å². The Balaban J connectivity index is 2.08. The zero-order valence-corrected chi connectivity index (χ0v) is 12.9. The van der Waals surface area contributed by atoms with Gasteiger partial charge in [0.1, 0.15) is 0 Å². The summed E-state index contributed by atoms with van der Waals surface area (Å²) in [4.78, 5) is 13.2. The topological polar surface area (TPSA) is 74.7 Å². The molecule has 0 aromatic carbocycles. The van der Waals surface area contributed by atoms with E-state index in [1.54, 1.807) is 0 Å². The van der Waals surface area contributed by atoms with Gasteiger partial charge < -0.3 is 5.11 Å². The predicted molar refractivity (Wildman–Crippen MR) is 77.4 cm³/mol. The Hall–Kier alpha value is -0.620. The molecule has 3 atom stereocenters. The van der Waals surface area contributed by atoms with Gasteiger partial charge in [0.05, 0.1) is 17.9 Å². The molecule has 1 aliphatic carbocycles. The van der Waals surface area contributed by atoms with Gasteiger partial charge in [-0.1, -0.05) is 19.8 Å². The second kappa shape index (κ2) is 6.43. The molecule has 2 aliphatic rings. The minimum atomic E-state index is -3.07. The van der Waals surface area contributed by atoms with E-state index in [0.29, 0.717) is 12.6 Å². The number of carboxylic acid groups (broad SMARTS) is 1. The summed E-state index contributed by atoms with van der Waals surface area (Å²) in [6, 6.07) is 0.0180. The van der Waals surface area contributed by atoms with E-state index in [-0.39, 0.29) is 24.0 Å². The first-order valence-corrected chi connectivity index (χ1v) is 9.37. The highest BCUT2D eigenvalue weighted by atomic mass is 32.2. The van der Waals surface area contributed by atoms with E-state index in [1.807, 2.05) is 0 Å². The molecule has 0 aromatic rings. The Morgan fingerprint density at radius 3 is 2.70 bits per heavy atom. The van der Waals surface area contributed by atoms with E-state index in [1.165, 1.54) is 6.42 Å². The average molecular weight is 303 g/mol. The van der Waals surface area contributed by atoms with Crippen LogP contribution in [0.5, 0.6) is 0 Å². The highest BCUT2D eigenvalue weighted by molar-refractivity contribution is 7.91. The molecular weight excluding hydrogens is 278 g/mol. The number of sulfone groups is 1. The lowest BCUT2D eigenvalue weighted by Gasteiger charge is -2.40. The highest BCUT2D eigenvalue weighted by Crippen LogP contribution is 2.29. The first kappa shape index (κ1) is 15.8. The molecule has 1 saturated heterocycles. The molecule has 3 unspecified atom stereocenters. The molecule has 20 heavy (non-hydrogen) atoms. The van der Waals surface area contributed by atoms with Gasteiger partial charge in [-0.2, -0.15) is 0 Å². The number of rotatable bonds is 3. The Morgan fingerprint density at radius 1 is 1.25 bits per heavy atom. The SMILES string of the molecule is CC1CCCC(N2CCS(=O)(=O)CC2CC(=O)O)CC1. The van der Waals surface area contributed by atoms with Gasteiger partial charge in [0.15, 0.2) is 9.84 Å². The van der Waals surface area contributed by atoms with E-state index in [4.69, 9.17) is 5.11 Å². The van der Waals surface area contributed by atoms with Crippen LogP contribution in [0.3, 0.4) is 0 Å². The summed E-state index contributed by atoms with van der Waals surface area (Å²) in [6.07, 6.45) is 5.62. The van der Waals surface area contributed by atoms with Crippen LogP contribution in [0.2, 0.25) is 0 Å². The van der Waals surface area contributed by atoms with Crippen LogP contribution in [0.25, 0.3) is 0 Å². The van der Waals surface area contributed by atoms with Gasteiger partial charge in [0.2, 0.25) is 0 Å². The zero-order valence-electron chi connectivity index (χ0n) is 12.1. The number of hydrogen-bond donors (Lipinski definition) is 1. The van der Waals surface area contributed by atoms with Crippen LogP contribution >= 0.6 is 0 Å². The molecule has 1 saturated carbocycles. The molecule has 5 nitrogen and oxygen atoms in total. The number of carbonyl (C=O) groups is 1. The molecule has 0 spiro atoms. The van der Waals surface area contributed by atoms with Crippen LogP contribution in [-0.2, 0) is 14.6 Å². The third-order valence-corrected chi connectivity index (χ3v) is 6.38. The summed E-state index contributed by atoms with van der Waals surface area (Å²) in [7, 11) is -3.07. The largest absolute Gasteiger partial charge is 0.481 e. The second-order valence-corrected chi connectivity index (χ2v) is 8.60. The van der Waals surface area contributed by atoms with Crippen LogP contribution in [0.4, 0.5) is 0 Å². The molecule has 1 heterocycles. The number of aliphatic carboxylic acids is 1. The van der Waals surface area contributed by atoms with E-state index < -0.39 is 15.8 Å². The van der Waals surface area contributed by atoms with E-state index >= 15 is 0 Å². The lowest BCUT2D eigenvalue weighted by Crippen LogP contribution is -2.53. The Labute approximate surface area is 121 Å². The van der Waals surface area contributed by atoms with Crippen LogP contribution in [0.15, 0.2) is 0 Å². The average Bonchev–Trinajstić information content (AvgIpc) is 2.52. The third-order valence-electron chi connectivity index (χ3n) is 4.68. The van der Waals surface area contributed by atoms with Crippen molar-refractivity contribution in [3.8, 4) is 0 Å². The van der Waals surface area contributed by atoms with Crippen LogP contribution < -0.4 is 0 Å². The minimum Gasteiger partial charge on any atom is -0.481 e. The molecule has 0 bridgehead atoms. The number of carboxylic acids is 1. The standard InChI is InChI=1S/C14H25NO4S/c1-11-3-2-4-12(6-5-11)15-7-8-20(18,19)10-13(15)9-14(16)17/h11-13H,2-10H2,1H3,(H,16,17). The lowest BCUT2D eigenvalue weighted by atomic mass is 10.0. The van der Waals surface area contributed by atoms with Crippen molar-refractivity contribution < 1.29 is 18.3 Å². The Bertz CT molecular complexity index is 448. The fraction of sp³-hybridized carbons (Fsp3) is 0.929. The normalized spacial score (nSPS) is 35.4. The predicted octanol–water partition coefficient (Wildman–Crippen LogP) is 1.53. The maximum atomic E-state index is 11.8. The highest BCUT2D eigenvalue weighted by Gasteiger charge is 2.36. The van der Waals surface area contributed by atoms with Crippen molar-refractivity contribution in [3.63, 3.8) is 0 Å². The van der Waals surface area contributed by atoms with Crippen LogP contribution in [0.1, 0.15) is 45.4 Å². The Kier molecular flexibility index (Phi) is 5.07. The molecular formula is C14H25NO4S. The van der Waals surface area contributed by atoms with Gasteiger partial charge >= 0.3 is 5.97 Å². The summed E-state index contributed by atoms with van der Waals surface area (Å²) in [5.41, 5.74) is 0. The number of hydrogen-bond acceptors (Lipinski definition) is 4. The summed E-state index contributed by atoms with van der Waals surface area (Å²) in [5.74, 6) is 0.00565. The van der Waals surface area contributed by atoms with Gasteiger partial charge in [-0.15, -0.1) is 0 Å². The monoisotopic (exact) mass is 303 g/mol. The number of nitrogens with zero attached hydrogens (tertiary/aromatic N) is 1. The first-order chi connectivity index (χ1) is 9.37. The second-order valence-electron chi connectivity index (χ2n) is 6.37. The van der Waals surface area contributed by atoms with Crippen LogP contribution in [-0.4, -0.2) is 54.5 Å². The van der Waals surface area contributed by atoms with Crippen molar-refractivity contribution in [3.05, 3.63) is 0 Å². The van der Waals surface area contributed by atoms with Gasteiger partial charge in [-0.05, 0) is 25.2 Å². The van der Waals surface area contributed by atoms with E-state index in [2.05, 4.69) is 11.8 Å². The van der Waals surface area contributed by atoms with Crippen molar-refractivity contribution in [2.24, 2.45) is 5.92 Å². The van der Waals surface area contributed by atoms with Gasteiger partial charge in [0.25, 0.3) is 0 Å². The maximum Gasteiger partial charge on any atom is 0.304 e. The molecule has 0 aromatic heterocycles. The quantitative estimate of drug-likeness (QED) is 0.800. The third kappa shape index (κ3) is 4.19. The molecule has 0 amide bonds. The van der Waals surface area contributed by atoms with Crippen molar-refractivity contribution in [1.29, 1.82) is 0 Å². The molecule has 6 heteroatoms. The summed E-state index contributed by atoms with van der Waals surface area (Å²) < 4.78 is 23.5. The summed E-state index contributed by atoms with van der Waals surface area (Å²) in [5, 5.41) is 9.03. The first-order valence-electron chi connectivity index (χ1n) is 7.55. The molecule has 0 radical (unpaired) electrons.